The van der Waals surface area contributed by atoms with Gasteiger partial charge in [0.1, 0.15) is 5.52 Å². The second kappa shape index (κ2) is 12.9. The van der Waals surface area contributed by atoms with Gasteiger partial charge in [-0.3, -0.25) is 0 Å². The van der Waals surface area contributed by atoms with E-state index >= 15 is 0 Å². The van der Waals surface area contributed by atoms with Gasteiger partial charge in [0.15, 0.2) is 11.2 Å². The summed E-state index contributed by atoms with van der Waals surface area (Å²) in [6, 6.07) is 73.1. The molecule has 0 aliphatic rings. The van der Waals surface area contributed by atoms with Crippen molar-refractivity contribution in [1.82, 2.24) is 4.57 Å². The highest BCUT2D eigenvalue weighted by Crippen LogP contribution is 2.46. The van der Waals surface area contributed by atoms with Crippen LogP contribution in [0.15, 0.2) is 211 Å². The van der Waals surface area contributed by atoms with Crippen LogP contribution in [-0.4, -0.2) is 4.57 Å². The molecule has 2 aromatic heterocycles. The number of furan rings is 1. The van der Waals surface area contributed by atoms with Crippen molar-refractivity contribution in [2.24, 2.45) is 0 Å². The molecule has 0 radical (unpaired) electrons. The Kier molecular flexibility index (Phi) is 7.47. The van der Waals surface area contributed by atoms with Crippen LogP contribution in [0, 0.1) is 0 Å². The summed E-state index contributed by atoms with van der Waals surface area (Å²) in [5.41, 5.74) is 15.2. The van der Waals surface area contributed by atoms with E-state index in [0.29, 0.717) is 0 Å². The molecule has 0 bridgehead atoms. The summed E-state index contributed by atoms with van der Waals surface area (Å²) in [7, 11) is 0. The molecule has 0 saturated carbocycles. The molecular formula is C50H34N2O. The summed E-state index contributed by atoms with van der Waals surface area (Å²) >= 11 is 0. The number of rotatable bonds is 7. The number of hydrogen-bond donors (Lipinski definition) is 0. The lowest BCUT2D eigenvalue weighted by atomic mass is 10.00. The summed E-state index contributed by atoms with van der Waals surface area (Å²) in [5, 5.41) is 2.16. The van der Waals surface area contributed by atoms with Crippen LogP contribution in [0.25, 0.3) is 72.0 Å². The van der Waals surface area contributed by atoms with Gasteiger partial charge in [0.05, 0.1) is 11.2 Å². The molecule has 0 amide bonds. The maximum absolute atomic E-state index is 7.02. The molecule has 250 valence electrons. The summed E-state index contributed by atoms with van der Waals surface area (Å²) in [4.78, 5) is 2.33. The van der Waals surface area contributed by atoms with E-state index in [4.69, 9.17) is 4.42 Å². The second-order valence-electron chi connectivity index (χ2n) is 13.4. The fourth-order valence-electron chi connectivity index (χ4n) is 7.67. The first-order valence-corrected chi connectivity index (χ1v) is 18.0. The minimum Gasteiger partial charge on any atom is -0.451 e. The highest BCUT2D eigenvalue weighted by Gasteiger charge is 2.24. The highest BCUT2D eigenvalue weighted by atomic mass is 16.3. The Morgan fingerprint density at radius 1 is 0.358 bits per heavy atom. The zero-order chi connectivity index (χ0) is 35.1. The van der Waals surface area contributed by atoms with Gasteiger partial charge in [-0.1, -0.05) is 146 Å². The van der Waals surface area contributed by atoms with Gasteiger partial charge in [-0.15, -0.1) is 0 Å². The molecule has 0 spiro atoms. The number of aromatic nitrogens is 1. The first-order chi connectivity index (χ1) is 26.3. The number of fused-ring (bicyclic) bond motifs is 5. The third-order valence-corrected chi connectivity index (χ3v) is 10.2. The van der Waals surface area contributed by atoms with Crippen molar-refractivity contribution in [2.45, 2.75) is 0 Å². The van der Waals surface area contributed by atoms with Crippen LogP contribution in [0.4, 0.5) is 17.1 Å². The maximum Gasteiger partial charge on any atom is 0.161 e. The third-order valence-electron chi connectivity index (χ3n) is 10.2. The van der Waals surface area contributed by atoms with Crippen LogP contribution in [0.3, 0.4) is 0 Å². The van der Waals surface area contributed by atoms with Crippen LogP contribution in [0.2, 0.25) is 0 Å². The Morgan fingerprint density at radius 2 is 0.868 bits per heavy atom. The van der Waals surface area contributed by atoms with Crippen molar-refractivity contribution in [3.05, 3.63) is 206 Å². The van der Waals surface area contributed by atoms with Crippen LogP contribution in [-0.2, 0) is 0 Å². The van der Waals surface area contributed by atoms with Crippen molar-refractivity contribution >= 4 is 50.0 Å². The van der Waals surface area contributed by atoms with Gasteiger partial charge in [0.2, 0.25) is 0 Å². The molecule has 3 nitrogen and oxygen atoms in total. The zero-order valence-corrected chi connectivity index (χ0v) is 28.9. The van der Waals surface area contributed by atoms with E-state index in [-0.39, 0.29) is 0 Å². The minimum absolute atomic E-state index is 0.846. The van der Waals surface area contributed by atoms with Gasteiger partial charge < -0.3 is 13.9 Å². The fraction of sp³-hybridized carbons (Fsp3) is 0. The van der Waals surface area contributed by atoms with Crippen molar-refractivity contribution in [1.29, 1.82) is 0 Å². The number of nitrogens with zero attached hydrogens (tertiary/aromatic N) is 2. The average Bonchev–Trinajstić information content (AvgIpc) is 3.78. The third kappa shape index (κ3) is 5.38. The Hall–Kier alpha value is -7.10. The molecule has 0 saturated heterocycles. The maximum atomic E-state index is 7.02. The van der Waals surface area contributed by atoms with E-state index in [1.54, 1.807) is 0 Å². The van der Waals surface area contributed by atoms with E-state index in [1.807, 2.05) is 0 Å². The molecule has 10 aromatic rings. The van der Waals surface area contributed by atoms with Crippen molar-refractivity contribution in [3.63, 3.8) is 0 Å². The molecule has 0 N–H and O–H groups in total. The first kappa shape index (κ1) is 30.7. The van der Waals surface area contributed by atoms with Crippen LogP contribution >= 0.6 is 0 Å². The summed E-state index contributed by atoms with van der Waals surface area (Å²) in [5.74, 6) is 0. The largest absolute Gasteiger partial charge is 0.451 e. The molecule has 8 aromatic carbocycles. The smallest absolute Gasteiger partial charge is 0.161 e. The van der Waals surface area contributed by atoms with E-state index in [0.717, 1.165) is 66.8 Å². The highest BCUT2D eigenvalue weighted by molar-refractivity contribution is 6.18. The SMILES string of the molecule is c1ccc(-c2ccc(-c3ccc(N(c4cccc(-c5ccccc5)c4)c4cccc5c4oc4c6ccccc6n(-c6ccccc6)c54)cc3)cc2)cc1. The molecule has 2 heterocycles. The van der Waals surface area contributed by atoms with Gasteiger partial charge in [-0.2, -0.15) is 0 Å². The lowest BCUT2D eigenvalue weighted by Crippen LogP contribution is -2.10. The zero-order valence-electron chi connectivity index (χ0n) is 28.9. The normalized spacial score (nSPS) is 11.4. The summed E-state index contributed by atoms with van der Waals surface area (Å²) < 4.78 is 9.35. The van der Waals surface area contributed by atoms with E-state index in [2.05, 4.69) is 216 Å². The van der Waals surface area contributed by atoms with Crippen LogP contribution < -0.4 is 4.90 Å². The Balaban J connectivity index is 1.14. The molecule has 0 fully saturated rings. The van der Waals surface area contributed by atoms with Gasteiger partial charge in [0.25, 0.3) is 0 Å². The molecule has 0 atom stereocenters. The lowest BCUT2D eigenvalue weighted by molar-refractivity contribution is 0.673. The van der Waals surface area contributed by atoms with Crippen molar-refractivity contribution in [3.8, 4) is 39.1 Å². The van der Waals surface area contributed by atoms with Crippen molar-refractivity contribution in [2.75, 3.05) is 4.90 Å². The van der Waals surface area contributed by atoms with Gasteiger partial charge >= 0.3 is 0 Å². The van der Waals surface area contributed by atoms with Crippen LogP contribution in [0.1, 0.15) is 0 Å². The predicted octanol–water partition coefficient (Wildman–Crippen LogP) is 14.0. The Labute approximate surface area is 308 Å². The molecular weight excluding hydrogens is 645 g/mol. The first-order valence-electron chi connectivity index (χ1n) is 18.0. The summed E-state index contributed by atoms with van der Waals surface area (Å²) in [6.07, 6.45) is 0. The predicted molar refractivity (Wildman–Crippen MR) is 222 cm³/mol. The molecule has 3 heteroatoms. The molecule has 53 heavy (non-hydrogen) atoms. The molecule has 10 rings (SSSR count). The second-order valence-corrected chi connectivity index (χ2v) is 13.4. The Bertz CT molecular complexity index is 2850. The van der Waals surface area contributed by atoms with Gasteiger partial charge in [0, 0.05) is 27.8 Å². The van der Waals surface area contributed by atoms with Gasteiger partial charge in [-0.05, 0) is 94.0 Å². The lowest BCUT2D eigenvalue weighted by Gasteiger charge is -2.26. The van der Waals surface area contributed by atoms with Crippen molar-refractivity contribution < 1.29 is 4.42 Å². The molecule has 0 aliphatic heterocycles. The molecule has 0 unspecified atom stereocenters. The van der Waals surface area contributed by atoms with E-state index < -0.39 is 0 Å². The monoisotopic (exact) mass is 678 g/mol. The average molecular weight is 679 g/mol. The standard InChI is InChI=1S/C50H34N2O/c1-4-14-35(15-5-1)37-26-28-38(29-27-37)39-30-32-42(33-31-39)51(43-21-12-18-40(34-43)36-16-6-2-7-17-36)47-25-13-23-45-48-50(53-49(45)47)44-22-10-11-24-46(44)52(48)41-19-8-3-9-20-41/h1-34H. The summed E-state index contributed by atoms with van der Waals surface area (Å²) in [6.45, 7) is 0. The number of hydrogen-bond acceptors (Lipinski definition) is 2. The van der Waals surface area contributed by atoms with Crippen LogP contribution in [0.5, 0.6) is 0 Å². The number of benzene rings is 8. The number of para-hydroxylation sites is 3. The van der Waals surface area contributed by atoms with Gasteiger partial charge in [-0.25, -0.2) is 0 Å². The van der Waals surface area contributed by atoms with E-state index in [9.17, 15) is 0 Å². The van der Waals surface area contributed by atoms with E-state index in [1.165, 1.54) is 22.3 Å². The minimum atomic E-state index is 0.846. The quantitative estimate of drug-likeness (QED) is 0.167. The number of anilines is 3. The Morgan fingerprint density at radius 3 is 1.55 bits per heavy atom. The molecule has 0 aliphatic carbocycles. The topological polar surface area (TPSA) is 21.3 Å². The fourth-order valence-corrected chi connectivity index (χ4v) is 7.67.